The highest BCUT2D eigenvalue weighted by Crippen LogP contribution is 2.46. The van der Waals surface area contributed by atoms with Gasteiger partial charge >= 0.3 is 6.29 Å². The van der Waals surface area contributed by atoms with E-state index in [1.807, 2.05) is 19.9 Å². The van der Waals surface area contributed by atoms with Crippen molar-refractivity contribution in [1.29, 1.82) is 0 Å². The molecule has 2 rings (SSSR count). The summed E-state index contributed by atoms with van der Waals surface area (Å²) in [7, 11) is 0. The predicted molar refractivity (Wildman–Crippen MR) is 56.0 cm³/mol. The summed E-state index contributed by atoms with van der Waals surface area (Å²) < 4.78 is 34.9. The predicted octanol–water partition coefficient (Wildman–Crippen LogP) is 3.91. The highest BCUT2D eigenvalue weighted by atomic mass is 19.3. The van der Waals surface area contributed by atoms with Crippen LogP contribution in [0.4, 0.5) is 8.78 Å². The van der Waals surface area contributed by atoms with Crippen LogP contribution in [0, 0.1) is 0 Å². The molecule has 1 aromatic rings. The summed E-state index contributed by atoms with van der Waals surface area (Å²) in [6.07, 6.45) is -1.74. The molecule has 1 heterocycles. The highest BCUT2D eigenvalue weighted by molar-refractivity contribution is 5.50. The van der Waals surface area contributed by atoms with Gasteiger partial charge in [-0.3, -0.25) is 0 Å². The normalized spacial score (nSPS) is 16.8. The number of alkyl halides is 2. The lowest BCUT2D eigenvalue weighted by molar-refractivity contribution is -0.287. The number of hydrogen-bond acceptors (Lipinski definition) is 2. The van der Waals surface area contributed by atoms with E-state index in [-0.39, 0.29) is 17.4 Å². The monoisotopic (exact) mass is 228 g/mol. The lowest BCUT2D eigenvalue weighted by Gasteiger charge is -2.14. The largest absolute Gasteiger partial charge is 0.586 e. The van der Waals surface area contributed by atoms with Gasteiger partial charge in [-0.1, -0.05) is 26.0 Å². The number of hydrogen-bond donors (Lipinski definition) is 0. The third-order valence-corrected chi connectivity index (χ3v) is 2.88. The first-order valence-corrected chi connectivity index (χ1v) is 5.46. The highest BCUT2D eigenvalue weighted by Gasteiger charge is 2.44. The molecule has 0 fully saturated rings. The molecule has 0 saturated carbocycles. The second kappa shape index (κ2) is 3.92. The Bertz CT molecular complexity index is 387. The van der Waals surface area contributed by atoms with Gasteiger partial charge in [0.25, 0.3) is 0 Å². The third-order valence-electron chi connectivity index (χ3n) is 2.88. The van der Waals surface area contributed by atoms with Crippen molar-refractivity contribution in [2.45, 2.75) is 38.9 Å². The number of halogens is 2. The van der Waals surface area contributed by atoms with Gasteiger partial charge in [-0.15, -0.1) is 8.78 Å². The van der Waals surface area contributed by atoms with Gasteiger partial charge in [-0.25, -0.2) is 0 Å². The van der Waals surface area contributed by atoms with Crippen LogP contribution >= 0.6 is 0 Å². The molecule has 1 aliphatic heterocycles. The molecule has 0 radical (unpaired) electrons. The molecular weight excluding hydrogens is 214 g/mol. The van der Waals surface area contributed by atoms with Crippen LogP contribution in [-0.4, -0.2) is 6.29 Å². The number of rotatable bonds is 3. The summed E-state index contributed by atoms with van der Waals surface area (Å²) >= 11 is 0. The molecule has 0 amide bonds. The van der Waals surface area contributed by atoms with Crippen molar-refractivity contribution in [2.24, 2.45) is 0 Å². The van der Waals surface area contributed by atoms with Crippen LogP contribution in [-0.2, 0) is 0 Å². The van der Waals surface area contributed by atoms with Crippen molar-refractivity contribution in [2.75, 3.05) is 0 Å². The number of ether oxygens (including phenoxy) is 2. The molecule has 4 heteroatoms. The van der Waals surface area contributed by atoms with Gasteiger partial charge in [0.05, 0.1) is 0 Å². The zero-order chi connectivity index (χ0) is 11.8. The van der Waals surface area contributed by atoms with Gasteiger partial charge in [0, 0.05) is 5.56 Å². The maximum Gasteiger partial charge on any atom is 0.586 e. The van der Waals surface area contributed by atoms with Gasteiger partial charge < -0.3 is 9.47 Å². The van der Waals surface area contributed by atoms with E-state index in [0.29, 0.717) is 0 Å². The van der Waals surface area contributed by atoms with E-state index < -0.39 is 6.29 Å². The Kier molecular flexibility index (Phi) is 2.74. The average molecular weight is 228 g/mol. The van der Waals surface area contributed by atoms with Crippen LogP contribution in [0.1, 0.15) is 38.2 Å². The van der Waals surface area contributed by atoms with Crippen molar-refractivity contribution in [3.05, 3.63) is 23.8 Å². The zero-order valence-corrected chi connectivity index (χ0v) is 9.30. The minimum absolute atomic E-state index is 0.134. The van der Waals surface area contributed by atoms with E-state index in [1.54, 1.807) is 6.07 Å². The number of benzene rings is 1. The van der Waals surface area contributed by atoms with Gasteiger partial charge in [0.2, 0.25) is 0 Å². The molecule has 1 aromatic carbocycles. The second-order valence-corrected chi connectivity index (χ2v) is 3.86. The molecule has 0 spiro atoms. The summed E-state index contributed by atoms with van der Waals surface area (Å²) in [5.74, 6) is 0.558. The molecule has 0 aromatic heterocycles. The van der Waals surface area contributed by atoms with Crippen LogP contribution < -0.4 is 9.47 Å². The standard InChI is InChI=1S/C12H14F2O2/c1-3-8(4-2)9-6-5-7-10-11(9)16-12(13,14)15-10/h5-8H,3-4H2,1-2H3. The minimum Gasteiger partial charge on any atom is -0.395 e. The maximum absolute atomic E-state index is 12.9. The molecule has 0 saturated heterocycles. The van der Waals surface area contributed by atoms with Crippen molar-refractivity contribution >= 4 is 0 Å². The second-order valence-electron chi connectivity index (χ2n) is 3.86. The first-order chi connectivity index (χ1) is 7.57. The third kappa shape index (κ3) is 1.84. The Labute approximate surface area is 93.2 Å². The molecule has 16 heavy (non-hydrogen) atoms. The van der Waals surface area contributed by atoms with Crippen LogP contribution in [0.2, 0.25) is 0 Å². The van der Waals surface area contributed by atoms with Gasteiger partial charge in [-0.05, 0) is 24.8 Å². The summed E-state index contributed by atoms with van der Waals surface area (Å²) in [5, 5.41) is 0. The fourth-order valence-electron chi connectivity index (χ4n) is 2.04. The molecular formula is C12H14F2O2. The summed E-state index contributed by atoms with van der Waals surface area (Å²) in [5.41, 5.74) is 0.805. The fourth-order valence-corrected chi connectivity index (χ4v) is 2.04. The van der Waals surface area contributed by atoms with Gasteiger partial charge in [-0.2, -0.15) is 0 Å². The molecule has 0 atom stereocenters. The molecule has 0 aliphatic carbocycles. The smallest absolute Gasteiger partial charge is 0.395 e. The average Bonchev–Trinajstić information content (AvgIpc) is 2.54. The number of para-hydroxylation sites is 1. The minimum atomic E-state index is -3.52. The van der Waals surface area contributed by atoms with Crippen LogP contribution in [0.5, 0.6) is 11.5 Å². The molecule has 0 bridgehead atoms. The Hall–Kier alpha value is -1.32. The lowest BCUT2D eigenvalue weighted by atomic mass is 9.93. The molecule has 2 nitrogen and oxygen atoms in total. The summed E-state index contributed by atoms with van der Waals surface area (Å²) in [4.78, 5) is 0. The van der Waals surface area contributed by atoms with Crippen molar-refractivity contribution in [1.82, 2.24) is 0 Å². The van der Waals surface area contributed by atoms with Crippen LogP contribution in [0.15, 0.2) is 18.2 Å². The number of fused-ring (bicyclic) bond motifs is 1. The Morgan fingerprint density at radius 2 is 1.88 bits per heavy atom. The summed E-state index contributed by atoms with van der Waals surface area (Å²) in [6.45, 7) is 4.06. The first kappa shape index (κ1) is 11.2. The van der Waals surface area contributed by atoms with E-state index >= 15 is 0 Å². The Morgan fingerprint density at radius 1 is 1.19 bits per heavy atom. The maximum atomic E-state index is 12.9. The Morgan fingerprint density at radius 3 is 2.50 bits per heavy atom. The fraction of sp³-hybridized carbons (Fsp3) is 0.500. The zero-order valence-electron chi connectivity index (χ0n) is 9.30. The van der Waals surface area contributed by atoms with Crippen LogP contribution in [0.25, 0.3) is 0 Å². The van der Waals surface area contributed by atoms with Crippen molar-refractivity contribution in [3.63, 3.8) is 0 Å². The topological polar surface area (TPSA) is 18.5 Å². The van der Waals surface area contributed by atoms with E-state index in [0.717, 1.165) is 18.4 Å². The Balaban J connectivity index is 2.40. The lowest BCUT2D eigenvalue weighted by Crippen LogP contribution is -2.26. The quantitative estimate of drug-likeness (QED) is 0.780. The van der Waals surface area contributed by atoms with Crippen molar-refractivity contribution in [3.8, 4) is 11.5 Å². The molecule has 0 unspecified atom stereocenters. The van der Waals surface area contributed by atoms with E-state index in [1.165, 1.54) is 6.07 Å². The first-order valence-electron chi connectivity index (χ1n) is 5.46. The van der Waals surface area contributed by atoms with Gasteiger partial charge in [0.15, 0.2) is 11.5 Å². The SMILES string of the molecule is CCC(CC)c1cccc2c1OC(F)(F)O2. The van der Waals surface area contributed by atoms with Crippen molar-refractivity contribution < 1.29 is 18.3 Å². The van der Waals surface area contributed by atoms with E-state index in [2.05, 4.69) is 9.47 Å². The molecule has 0 N–H and O–H groups in total. The molecule has 1 aliphatic rings. The van der Waals surface area contributed by atoms with Gasteiger partial charge in [0.1, 0.15) is 0 Å². The van der Waals surface area contributed by atoms with E-state index in [9.17, 15) is 8.78 Å². The van der Waals surface area contributed by atoms with E-state index in [4.69, 9.17) is 0 Å². The summed E-state index contributed by atoms with van der Waals surface area (Å²) in [6, 6.07) is 5.04. The molecule has 88 valence electrons. The van der Waals surface area contributed by atoms with Crippen LogP contribution in [0.3, 0.4) is 0 Å².